The highest BCUT2D eigenvalue weighted by Crippen LogP contribution is 2.18. The van der Waals surface area contributed by atoms with Crippen molar-refractivity contribution < 1.29 is 4.42 Å². The molecule has 6 nitrogen and oxygen atoms in total. The van der Waals surface area contributed by atoms with E-state index in [1.165, 1.54) is 5.56 Å². The van der Waals surface area contributed by atoms with Crippen molar-refractivity contribution in [2.75, 3.05) is 7.05 Å². The summed E-state index contributed by atoms with van der Waals surface area (Å²) in [7, 11) is 1.74. The van der Waals surface area contributed by atoms with Crippen molar-refractivity contribution in [3.63, 3.8) is 0 Å². The number of hydrogen-bond donors (Lipinski definition) is 2. The fraction of sp³-hybridized carbons (Fsp3) is 0.250. The third-order valence-electron chi connectivity index (χ3n) is 3.89. The molecule has 0 atom stereocenters. The number of aliphatic imine (C=N–C) groups is 1. The van der Waals surface area contributed by atoms with Crippen LogP contribution in [0.15, 0.2) is 58.1 Å². The molecule has 0 saturated heterocycles. The zero-order chi connectivity index (χ0) is 18.4. The Balaban J connectivity index is 1.55. The Hall–Kier alpha value is -3.15. The Kier molecular flexibility index (Phi) is 5.63. The number of nitrogens with zero attached hydrogens (tertiary/aromatic N) is 3. The lowest BCUT2D eigenvalue weighted by Crippen LogP contribution is -2.36. The van der Waals surface area contributed by atoms with Crippen LogP contribution in [0.5, 0.6) is 0 Å². The van der Waals surface area contributed by atoms with Gasteiger partial charge in [0.05, 0.1) is 24.5 Å². The summed E-state index contributed by atoms with van der Waals surface area (Å²) in [5.74, 6) is 1.31. The Morgan fingerprint density at radius 1 is 0.962 bits per heavy atom. The van der Waals surface area contributed by atoms with E-state index in [2.05, 4.69) is 32.5 Å². The summed E-state index contributed by atoms with van der Waals surface area (Å²) in [4.78, 5) is 13.2. The van der Waals surface area contributed by atoms with Crippen LogP contribution in [-0.4, -0.2) is 23.0 Å². The van der Waals surface area contributed by atoms with Crippen molar-refractivity contribution in [2.45, 2.75) is 26.9 Å². The van der Waals surface area contributed by atoms with Crippen LogP contribution < -0.4 is 10.6 Å². The van der Waals surface area contributed by atoms with Crippen LogP contribution in [-0.2, 0) is 13.1 Å². The number of rotatable bonds is 5. The minimum Gasteiger partial charge on any atom is -0.444 e. The first-order valence-electron chi connectivity index (χ1n) is 8.52. The number of nitrogens with one attached hydrogen (secondary N) is 2. The quantitative estimate of drug-likeness (QED) is 0.546. The fourth-order valence-electron chi connectivity index (χ4n) is 2.48. The lowest BCUT2D eigenvalue weighted by atomic mass is 10.1. The summed E-state index contributed by atoms with van der Waals surface area (Å²) >= 11 is 0. The Labute approximate surface area is 153 Å². The highest BCUT2D eigenvalue weighted by molar-refractivity contribution is 5.79. The van der Waals surface area contributed by atoms with Crippen molar-refractivity contribution in [2.24, 2.45) is 4.99 Å². The van der Waals surface area contributed by atoms with Gasteiger partial charge in [-0.15, -0.1) is 0 Å². The van der Waals surface area contributed by atoms with Crippen LogP contribution in [0.2, 0.25) is 0 Å². The zero-order valence-corrected chi connectivity index (χ0v) is 15.3. The van der Waals surface area contributed by atoms with E-state index in [1.54, 1.807) is 13.3 Å². The smallest absolute Gasteiger partial charge is 0.226 e. The topological polar surface area (TPSA) is 75.3 Å². The standard InChI is InChI=1S/C20H23N5O/c1-14-7-9-16(10-8-14)19-25-18(13-26-19)12-23-20(21-3)22-11-17-6-4-5-15(2)24-17/h4-10,13H,11-12H2,1-3H3,(H2,21,22,23). The van der Waals surface area contributed by atoms with Crippen LogP contribution in [0.25, 0.3) is 11.5 Å². The number of aromatic nitrogens is 2. The molecule has 0 aliphatic heterocycles. The first-order valence-corrected chi connectivity index (χ1v) is 8.52. The predicted molar refractivity (Wildman–Crippen MR) is 103 cm³/mol. The molecule has 0 spiro atoms. The van der Waals surface area contributed by atoms with Gasteiger partial charge in [0.1, 0.15) is 6.26 Å². The summed E-state index contributed by atoms with van der Waals surface area (Å²) < 4.78 is 5.58. The second kappa shape index (κ2) is 8.29. The minimum absolute atomic E-state index is 0.524. The maximum atomic E-state index is 5.58. The third-order valence-corrected chi connectivity index (χ3v) is 3.89. The molecule has 0 radical (unpaired) electrons. The molecule has 0 aliphatic rings. The average Bonchev–Trinajstić information content (AvgIpc) is 3.11. The van der Waals surface area contributed by atoms with Gasteiger partial charge in [-0.25, -0.2) is 4.98 Å². The van der Waals surface area contributed by atoms with E-state index in [4.69, 9.17) is 4.42 Å². The molecule has 0 unspecified atom stereocenters. The highest BCUT2D eigenvalue weighted by atomic mass is 16.3. The molecule has 26 heavy (non-hydrogen) atoms. The van der Waals surface area contributed by atoms with Crippen molar-refractivity contribution in [3.05, 3.63) is 71.4 Å². The van der Waals surface area contributed by atoms with Gasteiger partial charge in [0.15, 0.2) is 5.96 Å². The molecule has 2 heterocycles. The molecule has 0 aliphatic carbocycles. The molecule has 0 saturated carbocycles. The largest absolute Gasteiger partial charge is 0.444 e. The molecule has 2 N–H and O–H groups in total. The van der Waals surface area contributed by atoms with Gasteiger partial charge in [0.25, 0.3) is 0 Å². The minimum atomic E-state index is 0.524. The van der Waals surface area contributed by atoms with Gasteiger partial charge in [-0.2, -0.15) is 0 Å². The van der Waals surface area contributed by atoms with Crippen LogP contribution in [0.1, 0.15) is 22.6 Å². The molecule has 6 heteroatoms. The Morgan fingerprint density at radius 3 is 2.38 bits per heavy atom. The Bertz CT molecular complexity index is 883. The molecule has 0 amide bonds. The number of aryl methyl sites for hydroxylation is 2. The first kappa shape index (κ1) is 17.7. The number of guanidine groups is 1. The van der Waals surface area contributed by atoms with Gasteiger partial charge >= 0.3 is 0 Å². The monoisotopic (exact) mass is 349 g/mol. The normalized spacial score (nSPS) is 11.4. The van der Waals surface area contributed by atoms with Gasteiger partial charge in [-0.1, -0.05) is 23.8 Å². The van der Waals surface area contributed by atoms with E-state index in [0.717, 1.165) is 22.6 Å². The predicted octanol–water partition coefficient (Wildman–Crippen LogP) is 3.22. The zero-order valence-electron chi connectivity index (χ0n) is 15.3. The van der Waals surface area contributed by atoms with Crippen molar-refractivity contribution in [1.29, 1.82) is 0 Å². The van der Waals surface area contributed by atoms with Gasteiger partial charge in [0, 0.05) is 18.3 Å². The van der Waals surface area contributed by atoms with E-state index in [1.807, 2.05) is 49.4 Å². The SMILES string of the molecule is CN=C(NCc1cccc(C)n1)NCc1coc(-c2ccc(C)cc2)n1. The maximum absolute atomic E-state index is 5.58. The van der Waals surface area contributed by atoms with Gasteiger partial charge in [-0.3, -0.25) is 9.98 Å². The van der Waals surface area contributed by atoms with E-state index in [-0.39, 0.29) is 0 Å². The molecule has 0 bridgehead atoms. The summed E-state index contributed by atoms with van der Waals surface area (Å²) in [5, 5.41) is 6.48. The summed E-state index contributed by atoms with van der Waals surface area (Å²) in [6.45, 7) is 5.16. The molecular weight excluding hydrogens is 326 g/mol. The van der Waals surface area contributed by atoms with E-state index < -0.39 is 0 Å². The van der Waals surface area contributed by atoms with Crippen molar-refractivity contribution in [3.8, 4) is 11.5 Å². The lowest BCUT2D eigenvalue weighted by molar-refractivity contribution is 0.572. The van der Waals surface area contributed by atoms with Crippen LogP contribution in [0, 0.1) is 13.8 Å². The fourth-order valence-corrected chi connectivity index (χ4v) is 2.48. The molecule has 2 aromatic heterocycles. The van der Waals surface area contributed by atoms with E-state index in [9.17, 15) is 0 Å². The highest BCUT2D eigenvalue weighted by Gasteiger charge is 2.07. The van der Waals surface area contributed by atoms with Crippen LogP contribution >= 0.6 is 0 Å². The second-order valence-electron chi connectivity index (χ2n) is 6.06. The number of oxazole rings is 1. The summed E-state index contributed by atoms with van der Waals surface area (Å²) in [6, 6.07) is 14.1. The Morgan fingerprint density at radius 2 is 1.69 bits per heavy atom. The summed E-state index contributed by atoms with van der Waals surface area (Å²) in [5.41, 5.74) is 4.96. The van der Waals surface area contributed by atoms with E-state index >= 15 is 0 Å². The molecular formula is C20H23N5O. The van der Waals surface area contributed by atoms with Gasteiger partial charge in [-0.05, 0) is 38.1 Å². The molecule has 134 valence electrons. The average molecular weight is 349 g/mol. The number of pyridine rings is 1. The molecule has 1 aromatic carbocycles. The van der Waals surface area contributed by atoms with E-state index in [0.29, 0.717) is 24.9 Å². The van der Waals surface area contributed by atoms with Crippen molar-refractivity contribution >= 4 is 5.96 Å². The van der Waals surface area contributed by atoms with Crippen LogP contribution in [0.3, 0.4) is 0 Å². The van der Waals surface area contributed by atoms with Gasteiger partial charge in [0.2, 0.25) is 5.89 Å². The molecule has 3 rings (SSSR count). The number of hydrogen-bond acceptors (Lipinski definition) is 4. The maximum Gasteiger partial charge on any atom is 0.226 e. The molecule has 0 fully saturated rings. The first-order chi connectivity index (χ1) is 12.6. The lowest BCUT2D eigenvalue weighted by Gasteiger charge is -2.10. The summed E-state index contributed by atoms with van der Waals surface area (Å²) in [6.07, 6.45) is 1.66. The molecule has 3 aromatic rings. The van der Waals surface area contributed by atoms with Crippen LogP contribution in [0.4, 0.5) is 0 Å². The second-order valence-corrected chi connectivity index (χ2v) is 6.06. The van der Waals surface area contributed by atoms with Gasteiger partial charge < -0.3 is 15.1 Å². The number of benzene rings is 1. The third kappa shape index (κ3) is 4.69. The van der Waals surface area contributed by atoms with Crippen molar-refractivity contribution in [1.82, 2.24) is 20.6 Å².